The number of thioether (sulfide) groups is 1. The first-order valence-electron chi connectivity index (χ1n) is 8.55. The van der Waals surface area contributed by atoms with E-state index in [1.807, 2.05) is 29.7 Å². The summed E-state index contributed by atoms with van der Waals surface area (Å²) in [7, 11) is 0. The van der Waals surface area contributed by atoms with Gasteiger partial charge in [-0.3, -0.25) is 0 Å². The topological polar surface area (TPSA) is 32.3 Å². The normalized spacial score (nSPS) is 12.1. The highest BCUT2D eigenvalue weighted by Crippen LogP contribution is 2.42. The van der Waals surface area contributed by atoms with Gasteiger partial charge in [0.2, 0.25) is 0 Å². The lowest BCUT2D eigenvalue weighted by Crippen LogP contribution is -2.17. The third kappa shape index (κ3) is 4.60. The van der Waals surface area contributed by atoms with Gasteiger partial charge in [0.05, 0.1) is 11.4 Å². The molecule has 0 amide bonds. The molecule has 134 valence electrons. The monoisotopic (exact) mass is 355 g/mol. The van der Waals surface area contributed by atoms with Crippen molar-refractivity contribution in [2.75, 3.05) is 5.32 Å². The predicted octanol–water partition coefficient (Wildman–Crippen LogP) is 6.97. The standard InChI is InChI=1S/C22H29NOS/c1-8-25-19-12-10-9-11-17(19)23-18-14-15(21(2,3)4)13-16(20(18)24)22(5,6)7/h8-14,23-24H,1H2,2-7H3. The first-order chi connectivity index (χ1) is 11.5. The van der Waals surface area contributed by atoms with Crippen LogP contribution in [0.3, 0.4) is 0 Å². The Morgan fingerprint density at radius 1 is 0.960 bits per heavy atom. The van der Waals surface area contributed by atoms with Crippen molar-refractivity contribution in [3.05, 3.63) is 59.5 Å². The van der Waals surface area contributed by atoms with Gasteiger partial charge in [0.1, 0.15) is 5.75 Å². The van der Waals surface area contributed by atoms with E-state index in [2.05, 4.69) is 65.6 Å². The second kappa shape index (κ2) is 7.17. The van der Waals surface area contributed by atoms with Crippen LogP contribution in [0, 0.1) is 0 Å². The van der Waals surface area contributed by atoms with Crippen molar-refractivity contribution in [2.45, 2.75) is 57.3 Å². The fourth-order valence-electron chi connectivity index (χ4n) is 2.64. The average molecular weight is 356 g/mol. The minimum atomic E-state index is -0.142. The number of para-hydroxylation sites is 1. The van der Waals surface area contributed by atoms with E-state index in [0.29, 0.717) is 5.75 Å². The highest BCUT2D eigenvalue weighted by Gasteiger charge is 2.25. The van der Waals surface area contributed by atoms with Crippen molar-refractivity contribution in [1.29, 1.82) is 0 Å². The van der Waals surface area contributed by atoms with E-state index in [-0.39, 0.29) is 10.8 Å². The molecule has 0 aliphatic rings. The number of anilines is 2. The number of hydrogen-bond donors (Lipinski definition) is 2. The Kier molecular flexibility index (Phi) is 5.58. The fraction of sp³-hybridized carbons (Fsp3) is 0.364. The van der Waals surface area contributed by atoms with Crippen molar-refractivity contribution in [2.24, 2.45) is 0 Å². The van der Waals surface area contributed by atoms with Crippen molar-refractivity contribution < 1.29 is 5.11 Å². The largest absolute Gasteiger partial charge is 0.505 e. The number of rotatable bonds is 4. The summed E-state index contributed by atoms with van der Waals surface area (Å²) in [5.41, 5.74) is 3.72. The third-order valence-corrected chi connectivity index (χ3v) is 4.93. The molecule has 2 N–H and O–H groups in total. The molecule has 0 heterocycles. The number of benzene rings is 2. The molecule has 0 radical (unpaired) electrons. The smallest absolute Gasteiger partial charge is 0.142 e. The second-order valence-electron chi connectivity index (χ2n) is 8.33. The van der Waals surface area contributed by atoms with Gasteiger partial charge in [-0.05, 0) is 40.0 Å². The molecule has 2 nitrogen and oxygen atoms in total. The number of nitrogens with one attached hydrogen (secondary N) is 1. The van der Waals surface area contributed by atoms with E-state index in [1.54, 1.807) is 11.8 Å². The molecule has 2 aromatic carbocycles. The predicted molar refractivity (Wildman–Crippen MR) is 111 cm³/mol. The average Bonchev–Trinajstić information content (AvgIpc) is 2.49. The van der Waals surface area contributed by atoms with Crippen molar-refractivity contribution in [3.8, 4) is 5.75 Å². The zero-order valence-electron chi connectivity index (χ0n) is 16.1. The van der Waals surface area contributed by atoms with Crippen LogP contribution in [0.25, 0.3) is 0 Å². The summed E-state index contributed by atoms with van der Waals surface area (Å²) in [5.74, 6) is 0.318. The van der Waals surface area contributed by atoms with Crippen LogP contribution in [0.1, 0.15) is 52.7 Å². The Labute approximate surface area is 156 Å². The lowest BCUT2D eigenvalue weighted by Gasteiger charge is -2.28. The van der Waals surface area contributed by atoms with Gasteiger partial charge >= 0.3 is 0 Å². The van der Waals surface area contributed by atoms with Crippen molar-refractivity contribution in [1.82, 2.24) is 0 Å². The summed E-state index contributed by atoms with van der Waals surface area (Å²) >= 11 is 1.57. The molecule has 2 rings (SSSR count). The molecule has 2 aromatic rings. The summed E-state index contributed by atoms with van der Waals surface area (Å²) < 4.78 is 0. The summed E-state index contributed by atoms with van der Waals surface area (Å²) in [5, 5.41) is 16.2. The van der Waals surface area contributed by atoms with Gasteiger partial charge in [0, 0.05) is 10.5 Å². The first-order valence-corrected chi connectivity index (χ1v) is 9.43. The molecule has 0 aromatic heterocycles. The first kappa shape index (κ1) is 19.5. The fourth-order valence-corrected chi connectivity index (χ4v) is 3.22. The molecule has 0 aliphatic carbocycles. The second-order valence-corrected chi connectivity index (χ2v) is 9.33. The van der Waals surface area contributed by atoms with Gasteiger partial charge in [-0.1, -0.05) is 78.1 Å². The molecule has 0 fully saturated rings. The Bertz CT molecular complexity index is 767. The van der Waals surface area contributed by atoms with Crippen LogP contribution in [-0.2, 0) is 10.8 Å². The molecule has 25 heavy (non-hydrogen) atoms. The maximum atomic E-state index is 10.9. The van der Waals surface area contributed by atoms with Gasteiger partial charge in [-0.25, -0.2) is 0 Å². The number of phenolic OH excluding ortho intramolecular Hbond substituents is 1. The van der Waals surface area contributed by atoms with E-state index in [4.69, 9.17) is 0 Å². The third-order valence-electron chi connectivity index (χ3n) is 4.15. The quantitative estimate of drug-likeness (QED) is 0.459. The molecule has 0 saturated carbocycles. The van der Waals surface area contributed by atoms with Crippen LogP contribution in [-0.4, -0.2) is 5.11 Å². The number of aromatic hydroxyl groups is 1. The molecule has 0 unspecified atom stereocenters. The van der Waals surface area contributed by atoms with Crippen LogP contribution in [0.5, 0.6) is 5.75 Å². The van der Waals surface area contributed by atoms with Crippen LogP contribution >= 0.6 is 11.8 Å². The SMILES string of the molecule is C=CSc1ccccc1Nc1cc(C(C)(C)C)cc(C(C)(C)C)c1O. The number of hydrogen-bond acceptors (Lipinski definition) is 3. The van der Waals surface area contributed by atoms with E-state index >= 15 is 0 Å². The van der Waals surface area contributed by atoms with Gasteiger partial charge in [-0.15, -0.1) is 0 Å². The van der Waals surface area contributed by atoms with Gasteiger partial charge < -0.3 is 10.4 Å². The summed E-state index contributed by atoms with van der Waals surface area (Å²) in [4.78, 5) is 1.08. The van der Waals surface area contributed by atoms with E-state index < -0.39 is 0 Å². The zero-order chi connectivity index (χ0) is 18.8. The Morgan fingerprint density at radius 2 is 1.60 bits per heavy atom. The van der Waals surface area contributed by atoms with Crippen LogP contribution in [0.15, 0.2) is 53.3 Å². The van der Waals surface area contributed by atoms with E-state index in [1.165, 1.54) is 5.56 Å². The molecular weight excluding hydrogens is 326 g/mol. The highest BCUT2D eigenvalue weighted by molar-refractivity contribution is 8.02. The van der Waals surface area contributed by atoms with Gasteiger partial charge in [0.15, 0.2) is 0 Å². The summed E-state index contributed by atoms with van der Waals surface area (Å²) in [6, 6.07) is 12.2. The molecule has 0 saturated heterocycles. The molecule has 0 bridgehead atoms. The Balaban J connectivity index is 2.59. The number of phenols is 1. The summed E-state index contributed by atoms with van der Waals surface area (Å²) in [6.07, 6.45) is 0. The molecule has 0 spiro atoms. The van der Waals surface area contributed by atoms with E-state index in [0.717, 1.165) is 21.8 Å². The molecular formula is C22H29NOS. The Morgan fingerprint density at radius 3 is 2.16 bits per heavy atom. The highest BCUT2D eigenvalue weighted by atomic mass is 32.2. The van der Waals surface area contributed by atoms with Crippen LogP contribution in [0.2, 0.25) is 0 Å². The minimum absolute atomic E-state index is 0.000482. The zero-order valence-corrected chi connectivity index (χ0v) is 16.9. The van der Waals surface area contributed by atoms with E-state index in [9.17, 15) is 5.11 Å². The maximum absolute atomic E-state index is 10.9. The van der Waals surface area contributed by atoms with Gasteiger partial charge in [0.25, 0.3) is 0 Å². The van der Waals surface area contributed by atoms with Crippen LogP contribution < -0.4 is 5.32 Å². The maximum Gasteiger partial charge on any atom is 0.142 e. The van der Waals surface area contributed by atoms with Crippen molar-refractivity contribution >= 4 is 23.1 Å². The summed E-state index contributed by atoms with van der Waals surface area (Å²) in [6.45, 7) is 16.7. The minimum Gasteiger partial charge on any atom is -0.505 e. The lowest BCUT2D eigenvalue weighted by atomic mass is 9.79. The molecule has 0 aliphatic heterocycles. The van der Waals surface area contributed by atoms with Gasteiger partial charge in [-0.2, -0.15) is 0 Å². The molecule has 0 atom stereocenters. The van der Waals surface area contributed by atoms with Crippen LogP contribution in [0.4, 0.5) is 11.4 Å². The Hall–Kier alpha value is -1.87. The lowest BCUT2D eigenvalue weighted by molar-refractivity contribution is 0.447. The van der Waals surface area contributed by atoms with Crippen molar-refractivity contribution in [3.63, 3.8) is 0 Å². The molecule has 3 heteroatoms.